The lowest BCUT2D eigenvalue weighted by atomic mass is 10.1. The molecule has 0 fully saturated rings. The minimum absolute atomic E-state index is 0.0540. The first kappa shape index (κ1) is 19.5. The predicted molar refractivity (Wildman–Crippen MR) is 83.2 cm³/mol. The van der Waals surface area contributed by atoms with Crippen LogP contribution in [-0.4, -0.2) is 56.0 Å². The monoisotopic (exact) mass is 352 g/mol. The smallest absolute Gasteiger partial charge is 0.324 e. The Morgan fingerprint density at radius 2 is 1.18 bits per heavy atom. The van der Waals surface area contributed by atoms with Crippen LogP contribution in [0.4, 0.5) is 0 Å². The lowest BCUT2D eigenvalue weighted by molar-refractivity contribution is 0.273. The summed E-state index contributed by atoms with van der Waals surface area (Å²) in [5.74, 6) is 0. The second-order valence-electron chi connectivity index (χ2n) is 5.50. The SMILES string of the molecule is CN(C)Cc1ccc(CN(CP(=O)(O)O)CP(=O)(O)O)cc1. The summed E-state index contributed by atoms with van der Waals surface area (Å²) < 4.78 is 22.2. The summed E-state index contributed by atoms with van der Waals surface area (Å²) in [6.07, 6.45) is -1.39. The van der Waals surface area contributed by atoms with Crippen LogP contribution in [0.15, 0.2) is 24.3 Å². The number of benzene rings is 1. The van der Waals surface area contributed by atoms with Crippen molar-refractivity contribution in [3.63, 3.8) is 0 Å². The van der Waals surface area contributed by atoms with E-state index in [1.165, 1.54) is 0 Å². The van der Waals surface area contributed by atoms with Crippen molar-refractivity contribution in [3.8, 4) is 0 Å². The zero-order chi connectivity index (χ0) is 17.0. The Bertz CT molecular complexity index is 541. The molecule has 0 spiro atoms. The van der Waals surface area contributed by atoms with Crippen molar-refractivity contribution in [3.05, 3.63) is 35.4 Å². The molecular formula is C12H22N2O6P2. The quantitative estimate of drug-likeness (QED) is 0.508. The van der Waals surface area contributed by atoms with E-state index in [4.69, 9.17) is 19.6 Å². The van der Waals surface area contributed by atoms with Crippen molar-refractivity contribution < 1.29 is 28.7 Å². The van der Waals surface area contributed by atoms with Gasteiger partial charge in [-0.15, -0.1) is 0 Å². The zero-order valence-electron chi connectivity index (χ0n) is 12.5. The van der Waals surface area contributed by atoms with Gasteiger partial charge in [0.05, 0.1) is 0 Å². The summed E-state index contributed by atoms with van der Waals surface area (Å²) in [7, 11) is -4.91. The van der Waals surface area contributed by atoms with Gasteiger partial charge in [-0.05, 0) is 25.2 Å². The molecule has 0 saturated carbocycles. The first-order valence-corrected chi connectivity index (χ1v) is 10.1. The molecule has 0 aliphatic carbocycles. The van der Waals surface area contributed by atoms with E-state index in [2.05, 4.69) is 0 Å². The first-order valence-electron chi connectivity index (χ1n) is 6.49. The minimum atomic E-state index is -4.40. The molecule has 0 bridgehead atoms. The van der Waals surface area contributed by atoms with Gasteiger partial charge in [-0.2, -0.15) is 0 Å². The molecule has 1 aromatic carbocycles. The molecule has 0 radical (unpaired) electrons. The maximum atomic E-state index is 11.1. The van der Waals surface area contributed by atoms with Crippen LogP contribution >= 0.6 is 15.2 Å². The van der Waals surface area contributed by atoms with Crippen molar-refractivity contribution in [2.24, 2.45) is 0 Å². The van der Waals surface area contributed by atoms with Crippen molar-refractivity contribution in [2.45, 2.75) is 13.1 Å². The molecule has 4 N–H and O–H groups in total. The molecule has 1 aromatic rings. The molecule has 0 aromatic heterocycles. The molecule has 126 valence electrons. The Labute approximate surface area is 129 Å². The fourth-order valence-electron chi connectivity index (χ4n) is 2.04. The third kappa shape index (κ3) is 8.78. The second-order valence-corrected chi connectivity index (χ2v) is 8.72. The molecule has 10 heteroatoms. The number of hydrogen-bond acceptors (Lipinski definition) is 4. The largest absolute Gasteiger partial charge is 0.339 e. The van der Waals surface area contributed by atoms with E-state index in [0.717, 1.165) is 22.6 Å². The second kappa shape index (κ2) is 7.81. The van der Waals surface area contributed by atoms with Gasteiger partial charge in [0.25, 0.3) is 0 Å². The van der Waals surface area contributed by atoms with Crippen molar-refractivity contribution in [1.29, 1.82) is 0 Å². The highest BCUT2D eigenvalue weighted by Crippen LogP contribution is 2.41. The van der Waals surface area contributed by atoms with E-state index in [-0.39, 0.29) is 6.54 Å². The molecular weight excluding hydrogens is 330 g/mol. The molecule has 22 heavy (non-hydrogen) atoms. The lowest BCUT2D eigenvalue weighted by Gasteiger charge is -2.23. The number of rotatable bonds is 8. The molecule has 0 amide bonds. The van der Waals surface area contributed by atoms with E-state index >= 15 is 0 Å². The van der Waals surface area contributed by atoms with Crippen molar-refractivity contribution >= 4 is 15.2 Å². The third-order valence-corrected chi connectivity index (χ3v) is 4.23. The van der Waals surface area contributed by atoms with Crippen LogP contribution < -0.4 is 0 Å². The van der Waals surface area contributed by atoms with Gasteiger partial charge in [-0.3, -0.25) is 14.0 Å². The molecule has 8 nitrogen and oxygen atoms in total. The van der Waals surface area contributed by atoms with Crippen LogP contribution in [0.5, 0.6) is 0 Å². The van der Waals surface area contributed by atoms with E-state index in [1.54, 1.807) is 12.1 Å². The molecule has 0 aliphatic rings. The van der Waals surface area contributed by atoms with Gasteiger partial charge in [-0.25, -0.2) is 0 Å². The van der Waals surface area contributed by atoms with Gasteiger partial charge >= 0.3 is 15.2 Å². The van der Waals surface area contributed by atoms with E-state index in [0.29, 0.717) is 0 Å². The van der Waals surface area contributed by atoms with Gasteiger partial charge in [0.15, 0.2) is 0 Å². The first-order chi connectivity index (χ1) is 9.94. The summed E-state index contributed by atoms with van der Waals surface area (Å²) in [6.45, 7) is 0.813. The topological polar surface area (TPSA) is 122 Å². The summed E-state index contributed by atoms with van der Waals surface area (Å²) >= 11 is 0. The zero-order valence-corrected chi connectivity index (χ0v) is 14.3. The van der Waals surface area contributed by atoms with Gasteiger partial charge in [0.2, 0.25) is 0 Å². The van der Waals surface area contributed by atoms with Crippen LogP contribution in [0, 0.1) is 0 Å². The fraction of sp³-hybridized carbons (Fsp3) is 0.500. The highest BCUT2D eigenvalue weighted by atomic mass is 31.2. The van der Waals surface area contributed by atoms with Gasteiger partial charge < -0.3 is 24.5 Å². The Morgan fingerprint density at radius 1 is 0.818 bits per heavy atom. The Kier molecular flexibility index (Phi) is 6.92. The minimum Gasteiger partial charge on any atom is -0.324 e. The summed E-state index contributed by atoms with van der Waals surface area (Å²) in [4.78, 5) is 39.1. The fourth-order valence-corrected chi connectivity index (χ4v) is 3.64. The maximum Gasteiger partial charge on any atom is 0.339 e. The summed E-state index contributed by atoms with van der Waals surface area (Å²) in [5.41, 5.74) is 1.80. The van der Waals surface area contributed by atoms with Crippen LogP contribution in [0.25, 0.3) is 0 Å². The summed E-state index contributed by atoms with van der Waals surface area (Å²) in [5, 5.41) is 0. The molecule has 0 heterocycles. The average molecular weight is 352 g/mol. The molecule has 0 atom stereocenters. The van der Waals surface area contributed by atoms with Gasteiger partial charge in [-0.1, -0.05) is 24.3 Å². The van der Waals surface area contributed by atoms with Gasteiger partial charge in [0, 0.05) is 13.1 Å². The van der Waals surface area contributed by atoms with Crippen LogP contribution in [-0.2, 0) is 22.2 Å². The highest BCUT2D eigenvalue weighted by molar-refractivity contribution is 7.52. The predicted octanol–water partition coefficient (Wildman–Crippen LogP) is 0.821. The average Bonchev–Trinajstić information content (AvgIpc) is 2.26. The molecule has 0 unspecified atom stereocenters. The highest BCUT2D eigenvalue weighted by Gasteiger charge is 2.25. The van der Waals surface area contributed by atoms with E-state index < -0.39 is 27.8 Å². The molecule has 0 saturated heterocycles. The molecule has 0 aliphatic heterocycles. The maximum absolute atomic E-state index is 11.1. The van der Waals surface area contributed by atoms with Crippen LogP contribution in [0.2, 0.25) is 0 Å². The number of nitrogens with zero attached hydrogens (tertiary/aromatic N) is 2. The third-order valence-electron chi connectivity index (χ3n) is 2.70. The Morgan fingerprint density at radius 3 is 1.50 bits per heavy atom. The standard InChI is InChI=1S/C12H22N2O6P2/c1-13(2)7-11-3-5-12(6-4-11)8-14(9-21(15,16)17)10-22(18,19)20/h3-6H,7-10H2,1-2H3,(H2,15,16,17)(H2,18,19,20). The van der Waals surface area contributed by atoms with Crippen LogP contribution in [0.1, 0.15) is 11.1 Å². The van der Waals surface area contributed by atoms with E-state index in [9.17, 15) is 9.13 Å². The molecule has 1 rings (SSSR count). The van der Waals surface area contributed by atoms with Crippen LogP contribution in [0.3, 0.4) is 0 Å². The van der Waals surface area contributed by atoms with Crippen molar-refractivity contribution in [1.82, 2.24) is 9.80 Å². The Hall–Kier alpha value is -0.560. The number of hydrogen-bond donors (Lipinski definition) is 4. The lowest BCUT2D eigenvalue weighted by Crippen LogP contribution is -2.25. The summed E-state index contributed by atoms with van der Waals surface area (Å²) in [6, 6.07) is 7.32. The Balaban J connectivity index is 2.80. The van der Waals surface area contributed by atoms with Gasteiger partial charge in [0.1, 0.15) is 12.6 Å². The van der Waals surface area contributed by atoms with E-state index in [1.807, 2.05) is 31.1 Å². The van der Waals surface area contributed by atoms with Crippen molar-refractivity contribution in [2.75, 3.05) is 26.7 Å². The normalized spacial score (nSPS) is 13.1.